The maximum absolute atomic E-state index is 12.9. The Bertz CT molecular complexity index is 617. The van der Waals surface area contributed by atoms with Crippen LogP contribution < -0.4 is 0 Å². The Kier molecular flexibility index (Phi) is 5.96. The molecule has 2 heterocycles. The van der Waals surface area contributed by atoms with Gasteiger partial charge in [-0.1, -0.05) is 0 Å². The second-order valence-corrected chi connectivity index (χ2v) is 7.67. The molecule has 0 radical (unpaired) electrons. The fourth-order valence-corrected chi connectivity index (χ4v) is 4.10. The van der Waals surface area contributed by atoms with Crippen molar-refractivity contribution in [1.29, 1.82) is 0 Å². The molecule has 2 aliphatic heterocycles. The zero-order chi connectivity index (χ0) is 17.8. The van der Waals surface area contributed by atoms with E-state index in [-0.39, 0.29) is 29.4 Å². The molecule has 0 N–H and O–H groups in total. The quantitative estimate of drug-likeness (QED) is 0.762. The topological polar surface area (TPSA) is 43.9 Å². The smallest absolute Gasteiger partial charge is 0.245 e. The van der Waals surface area contributed by atoms with E-state index < -0.39 is 0 Å². The van der Waals surface area contributed by atoms with Gasteiger partial charge >= 0.3 is 0 Å². The number of likely N-dealkylation sites (tertiary alicyclic amines) is 1. The molecule has 7 heteroatoms. The molecule has 0 saturated carbocycles. The molecule has 3 rings (SSSR count). The summed E-state index contributed by atoms with van der Waals surface area (Å²) in [5, 5.41) is 0. The van der Waals surface area contributed by atoms with Crippen molar-refractivity contribution in [3.05, 3.63) is 30.1 Å². The molecular formula is C18H24FN3O2S. The fourth-order valence-electron chi connectivity index (χ4n) is 3.32. The summed E-state index contributed by atoms with van der Waals surface area (Å²) >= 11 is 1.38. The van der Waals surface area contributed by atoms with Crippen LogP contribution in [0.2, 0.25) is 0 Å². The lowest BCUT2D eigenvalue weighted by Gasteiger charge is -2.35. The van der Waals surface area contributed by atoms with Gasteiger partial charge in [0.15, 0.2) is 0 Å². The Labute approximate surface area is 152 Å². The van der Waals surface area contributed by atoms with E-state index in [2.05, 4.69) is 11.9 Å². The average molecular weight is 365 g/mol. The van der Waals surface area contributed by atoms with Crippen molar-refractivity contribution >= 4 is 23.6 Å². The molecule has 1 aromatic rings. The lowest BCUT2D eigenvalue weighted by Crippen LogP contribution is -2.53. The van der Waals surface area contributed by atoms with Gasteiger partial charge in [0.1, 0.15) is 11.9 Å². The van der Waals surface area contributed by atoms with Crippen LogP contribution in [0.5, 0.6) is 0 Å². The van der Waals surface area contributed by atoms with Gasteiger partial charge in [0, 0.05) is 37.6 Å². The van der Waals surface area contributed by atoms with Crippen LogP contribution in [0.25, 0.3) is 0 Å². The van der Waals surface area contributed by atoms with Crippen LogP contribution in [0, 0.1) is 5.82 Å². The molecule has 1 aromatic carbocycles. The summed E-state index contributed by atoms with van der Waals surface area (Å²) in [7, 11) is 2.06. The van der Waals surface area contributed by atoms with Gasteiger partial charge < -0.3 is 14.7 Å². The van der Waals surface area contributed by atoms with Crippen molar-refractivity contribution < 1.29 is 14.0 Å². The van der Waals surface area contributed by atoms with Crippen molar-refractivity contribution in [3.63, 3.8) is 0 Å². The monoisotopic (exact) mass is 365 g/mol. The highest BCUT2D eigenvalue weighted by molar-refractivity contribution is 8.00. The van der Waals surface area contributed by atoms with E-state index >= 15 is 0 Å². The third-order valence-electron chi connectivity index (χ3n) is 4.85. The number of hydrogen-bond acceptors (Lipinski definition) is 4. The number of nitrogens with zero attached hydrogens (tertiary/aromatic N) is 3. The van der Waals surface area contributed by atoms with E-state index in [1.165, 1.54) is 23.9 Å². The van der Waals surface area contributed by atoms with Gasteiger partial charge in [-0.25, -0.2) is 4.39 Å². The first-order valence-electron chi connectivity index (χ1n) is 8.70. The molecule has 2 amide bonds. The van der Waals surface area contributed by atoms with Crippen LogP contribution in [-0.2, 0) is 9.59 Å². The third kappa shape index (κ3) is 4.52. The number of thioether (sulfide) groups is 1. The molecule has 5 nitrogen and oxygen atoms in total. The van der Waals surface area contributed by atoms with E-state index in [9.17, 15) is 14.0 Å². The zero-order valence-electron chi connectivity index (χ0n) is 14.5. The minimum Gasteiger partial charge on any atom is -0.338 e. The number of carbonyl (C=O) groups excluding carboxylic acids is 2. The lowest BCUT2D eigenvalue weighted by atomic mass is 10.1. The molecule has 2 saturated heterocycles. The largest absolute Gasteiger partial charge is 0.338 e. The second-order valence-electron chi connectivity index (χ2n) is 6.62. The first-order valence-corrected chi connectivity index (χ1v) is 9.68. The van der Waals surface area contributed by atoms with Crippen LogP contribution in [0.15, 0.2) is 29.2 Å². The second kappa shape index (κ2) is 8.19. The Balaban J connectivity index is 1.55. The van der Waals surface area contributed by atoms with Crippen LogP contribution in [-0.4, -0.2) is 78.1 Å². The third-order valence-corrected chi connectivity index (χ3v) is 5.85. The summed E-state index contributed by atoms with van der Waals surface area (Å²) in [5.41, 5.74) is 0. The first-order chi connectivity index (χ1) is 12.0. The predicted octanol–water partition coefficient (Wildman–Crippen LogP) is 1.68. The predicted molar refractivity (Wildman–Crippen MR) is 95.9 cm³/mol. The molecule has 1 unspecified atom stereocenters. The number of rotatable bonds is 4. The molecule has 2 fully saturated rings. The Hall–Kier alpha value is -1.60. The molecule has 0 aliphatic carbocycles. The molecule has 0 spiro atoms. The van der Waals surface area contributed by atoms with Gasteiger partial charge in [-0.3, -0.25) is 9.59 Å². The fraction of sp³-hybridized carbons (Fsp3) is 0.556. The SMILES string of the molecule is CN1CCN(C(=O)C2CCCN2C(=O)CSc2ccc(F)cc2)CC1. The van der Waals surface area contributed by atoms with Gasteiger partial charge in [-0.2, -0.15) is 0 Å². The highest BCUT2D eigenvalue weighted by Crippen LogP contribution is 2.24. The van der Waals surface area contributed by atoms with E-state index in [1.807, 2.05) is 4.90 Å². The molecule has 2 aliphatic rings. The van der Waals surface area contributed by atoms with Crippen molar-refractivity contribution in [2.75, 3.05) is 45.5 Å². The van der Waals surface area contributed by atoms with Crippen LogP contribution >= 0.6 is 11.8 Å². The van der Waals surface area contributed by atoms with E-state index in [1.54, 1.807) is 17.0 Å². The Morgan fingerprint density at radius 1 is 1.12 bits per heavy atom. The standard InChI is InChI=1S/C18H24FN3O2S/c1-20-9-11-21(12-10-20)18(24)16-3-2-8-22(16)17(23)13-25-15-6-4-14(19)5-7-15/h4-7,16H,2-3,8-13H2,1H3. The van der Waals surface area contributed by atoms with Gasteiger partial charge in [0.05, 0.1) is 5.75 Å². The number of halogens is 1. The Morgan fingerprint density at radius 3 is 2.48 bits per heavy atom. The maximum atomic E-state index is 12.9. The molecule has 0 bridgehead atoms. The number of piperazine rings is 1. The van der Waals surface area contributed by atoms with Gasteiger partial charge in [0.25, 0.3) is 0 Å². The summed E-state index contributed by atoms with van der Waals surface area (Å²) in [5.74, 6) is 0.0658. The number of amides is 2. The highest BCUT2D eigenvalue weighted by atomic mass is 32.2. The van der Waals surface area contributed by atoms with Crippen molar-refractivity contribution in [2.45, 2.75) is 23.8 Å². The lowest BCUT2D eigenvalue weighted by molar-refractivity contribution is -0.143. The van der Waals surface area contributed by atoms with E-state index in [0.29, 0.717) is 6.54 Å². The molecule has 0 aromatic heterocycles. The molecular weight excluding hydrogens is 341 g/mol. The van der Waals surface area contributed by atoms with Gasteiger partial charge in [0.2, 0.25) is 11.8 Å². The van der Waals surface area contributed by atoms with E-state index in [0.717, 1.165) is 43.9 Å². The summed E-state index contributed by atoms with van der Waals surface area (Å²) in [6, 6.07) is 5.81. The summed E-state index contributed by atoms with van der Waals surface area (Å²) in [6.07, 6.45) is 1.62. The van der Waals surface area contributed by atoms with E-state index in [4.69, 9.17) is 0 Å². The number of hydrogen-bond donors (Lipinski definition) is 0. The zero-order valence-corrected chi connectivity index (χ0v) is 15.3. The average Bonchev–Trinajstić information content (AvgIpc) is 3.11. The van der Waals surface area contributed by atoms with Crippen molar-refractivity contribution in [2.24, 2.45) is 0 Å². The van der Waals surface area contributed by atoms with Crippen molar-refractivity contribution in [1.82, 2.24) is 14.7 Å². The van der Waals surface area contributed by atoms with Gasteiger partial charge in [-0.05, 0) is 44.2 Å². The summed E-state index contributed by atoms with van der Waals surface area (Å²) in [6.45, 7) is 3.88. The molecule has 136 valence electrons. The number of likely N-dealkylation sites (N-methyl/N-ethyl adjacent to an activating group) is 1. The number of benzene rings is 1. The number of carbonyl (C=O) groups is 2. The van der Waals surface area contributed by atoms with Crippen LogP contribution in [0.1, 0.15) is 12.8 Å². The highest BCUT2D eigenvalue weighted by Gasteiger charge is 2.36. The summed E-state index contributed by atoms with van der Waals surface area (Å²) < 4.78 is 12.9. The van der Waals surface area contributed by atoms with Crippen LogP contribution in [0.4, 0.5) is 4.39 Å². The Morgan fingerprint density at radius 2 is 1.80 bits per heavy atom. The van der Waals surface area contributed by atoms with Crippen LogP contribution in [0.3, 0.4) is 0 Å². The maximum Gasteiger partial charge on any atom is 0.245 e. The molecule has 1 atom stereocenters. The summed E-state index contributed by atoms with van der Waals surface area (Å²) in [4.78, 5) is 32.1. The van der Waals surface area contributed by atoms with Crippen molar-refractivity contribution in [3.8, 4) is 0 Å². The minimum absolute atomic E-state index is 0.0145. The normalized spacial score (nSPS) is 21.6. The van der Waals surface area contributed by atoms with Gasteiger partial charge in [-0.15, -0.1) is 11.8 Å². The molecule has 25 heavy (non-hydrogen) atoms. The first kappa shape index (κ1) is 18.2. The minimum atomic E-state index is -0.315.